The normalized spacial score (nSPS) is 17.6. The number of carbonyl (C=O) groups excluding carboxylic acids is 1. The van der Waals surface area contributed by atoms with E-state index in [2.05, 4.69) is 5.32 Å². The zero-order chi connectivity index (χ0) is 22.1. The van der Waals surface area contributed by atoms with Gasteiger partial charge in [0.15, 0.2) is 17.5 Å². The maximum Gasteiger partial charge on any atom is 0.243 e. The number of amides is 1. The van der Waals surface area contributed by atoms with Crippen LogP contribution in [-0.4, -0.2) is 38.8 Å². The predicted octanol–water partition coefficient (Wildman–Crippen LogP) is 3.46. The van der Waals surface area contributed by atoms with Crippen LogP contribution in [0.25, 0.3) is 0 Å². The molecule has 1 amide bonds. The third-order valence-electron chi connectivity index (χ3n) is 5.05. The maximum absolute atomic E-state index is 13.8. The molecule has 0 aliphatic carbocycles. The number of carbonyl (C=O) groups is 1. The van der Waals surface area contributed by atoms with Gasteiger partial charge in [0.05, 0.1) is 23.6 Å². The molecule has 0 aromatic heterocycles. The van der Waals surface area contributed by atoms with Crippen molar-refractivity contribution in [3.05, 3.63) is 53.3 Å². The van der Waals surface area contributed by atoms with Crippen molar-refractivity contribution in [2.75, 3.05) is 25.5 Å². The minimum Gasteiger partial charge on any atom is -0.496 e. The van der Waals surface area contributed by atoms with Crippen LogP contribution in [0.15, 0.2) is 35.2 Å². The molecule has 1 fully saturated rings. The molecule has 1 heterocycles. The molecule has 30 heavy (non-hydrogen) atoms. The molecule has 0 unspecified atom stereocenters. The predicted molar refractivity (Wildman–Crippen MR) is 104 cm³/mol. The smallest absolute Gasteiger partial charge is 0.243 e. The molecule has 0 bridgehead atoms. The average Bonchev–Trinajstić information content (AvgIpc) is 2.74. The van der Waals surface area contributed by atoms with Crippen molar-refractivity contribution in [3.8, 4) is 5.75 Å². The van der Waals surface area contributed by atoms with E-state index in [0.29, 0.717) is 30.2 Å². The quantitative estimate of drug-likeness (QED) is 0.720. The van der Waals surface area contributed by atoms with Crippen LogP contribution in [0, 0.1) is 30.3 Å². The number of hydrogen-bond donors (Lipinski definition) is 1. The minimum atomic E-state index is -3.86. The van der Waals surface area contributed by atoms with Crippen molar-refractivity contribution in [1.82, 2.24) is 4.31 Å². The highest BCUT2D eigenvalue weighted by Gasteiger charge is 2.34. The van der Waals surface area contributed by atoms with Gasteiger partial charge in [-0.15, -0.1) is 0 Å². The molecule has 2 aromatic carbocycles. The number of anilines is 1. The van der Waals surface area contributed by atoms with Gasteiger partial charge in [-0.25, -0.2) is 21.6 Å². The standard InChI is InChI=1S/C20H21F3N2O4S/c1-12-10-14(5-8-17(12)29-2)30(27,28)25-9-3-4-13(11-25)20(26)24-16-7-6-15(21)18(22)19(16)23/h5-8,10,13H,3-4,9,11H2,1-2H3,(H,24,26)/t13-/m1/s1. The lowest BCUT2D eigenvalue weighted by Gasteiger charge is -2.31. The Morgan fingerprint density at radius 3 is 2.57 bits per heavy atom. The molecule has 1 atom stereocenters. The van der Waals surface area contributed by atoms with Crippen molar-refractivity contribution in [2.45, 2.75) is 24.7 Å². The molecule has 1 saturated heterocycles. The fraction of sp³-hybridized carbons (Fsp3) is 0.350. The molecule has 0 spiro atoms. The topological polar surface area (TPSA) is 75.7 Å². The van der Waals surface area contributed by atoms with E-state index in [1.807, 2.05) is 0 Å². The number of halogens is 3. The Kier molecular flexibility index (Phi) is 6.37. The van der Waals surface area contributed by atoms with Crippen molar-refractivity contribution in [3.63, 3.8) is 0 Å². The van der Waals surface area contributed by atoms with Crippen LogP contribution in [0.4, 0.5) is 18.9 Å². The summed E-state index contributed by atoms with van der Waals surface area (Å²) in [5.74, 6) is -5.42. The monoisotopic (exact) mass is 442 g/mol. The minimum absolute atomic E-state index is 0.0773. The molecule has 3 rings (SSSR count). The molecule has 2 aromatic rings. The van der Waals surface area contributed by atoms with Crippen LogP contribution in [-0.2, 0) is 14.8 Å². The number of piperidine rings is 1. The second-order valence-electron chi connectivity index (χ2n) is 7.05. The number of aryl methyl sites for hydroxylation is 1. The van der Waals surface area contributed by atoms with Gasteiger partial charge in [0.2, 0.25) is 15.9 Å². The molecular formula is C20H21F3N2O4S. The number of sulfonamides is 1. The van der Waals surface area contributed by atoms with Gasteiger partial charge in [0, 0.05) is 13.1 Å². The second-order valence-corrected chi connectivity index (χ2v) is 8.98. The molecule has 1 aliphatic heterocycles. The zero-order valence-electron chi connectivity index (χ0n) is 16.4. The van der Waals surface area contributed by atoms with Gasteiger partial charge < -0.3 is 10.1 Å². The lowest BCUT2D eigenvalue weighted by atomic mass is 9.98. The third-order valence-corrected chi connectivity index (χ3v) is 6.91. The average molecular weight is 442 g/mol. The summed E-state index contributed by atoms with van der Waals surface area (Å²) in [5, 5.41) is 2.23. The first-order chi connectivity index (χ1) is 14.1. The van der Waals surface area contributed by atoms with Gasteiger partial charge in [-0.3, -0.25) is 4.79 Å². The molecule has 162 valence electrons. The fourth-order valence-electron chi connectivity index (χ4n) is 3.39. The summed E-state index contributed by atoms with van der Waals surface area (Å²) >= 11 is 0. The summed E-state index contributed by atoms with van der Waals surface area (Å²) in [6, 6.07) is 6.11. The SMILES string of the molecule is COc1ccc(S(=O)(=O)N2CCC[C@@H](C(=O)Nc3ccc(F)c(F)c3F)C2)cc1C. The summed E-state index contributed by atoms with van der Waals surface area (Å²) in [5.41, 5.74) is 0.156. The summed E-state index contributed by atoms with van der Waals surface area (Å²) in [6.45, 7) is 1.85. The van der Waals surface area contributed by atoms with Crippen molar-refractivity contribution in [2.24, 2.45) is 5.92 Å². The maximum atomic E-state index is 13.8. The first-order valence-electron chi connectivity index (χ1n) is 9.24. The lowest BCUT2D eigenvalue weighted by Crippen LogP contribution is -2.43. The summed E-state index contributed by atoms with van der Waals surface area (Å²) in [7, 11) is -2.37. The first-order valence-corrected chi connectivity index (χ1v) is 10.7. The van der Waals surface area contributed by atoms with E-state index in [-0.39, 0.29) is 18.0 Å². The number of ether oxygens (including phenoxy) is 1. The highest BCUT2D eigenvalue weighted by Crippen LogP contribution is 2.28. The summed E-state index contributed by atoms with van der Waals surface area (Å²) in [4.78, 5) is 12.6. The van der Waals surface area contributed by atoms with E-state index in [9.17, 15) is 26.4 Å². The van der Waals surface area contributed by atoms with E-state index in [0.717, 1.165) is 6.07 Å². The van der Waals surface area contributed by atoms with Gasteiger partial charge >= 0.3 is 0 Å². The van der Waals surface area contributed by atoms with E-state index >= 15 is 0 Å². The van der Waals surface area contributed by atoms with Crippen LogP contribution in [0.5, 0.6) is 5.75 Å². The van der Waals surface area contributed by atoms with E-state index < -0.39 is 45.0 Å². The molecule has 6 nitrogen and oxygen atoms in total. The van der Waals surface area contributed by atoms with Gasteiger partial charge in [0.25, 0.3) is 0 Å². The van der Waals surface area contributed by atoms with Gasteiger partial charge in [0.1, 0.15) is 5.75 Å². The van der Waals surface area contributed by atoms with Crippen molar-refractivity contribution < 1.29 is 31.1 Å². The Bertz CT molecular complexity index is 1080. The number of nitrogens with one attached hydrogen (secondary N) is 1. The summed E-state index contributed by atoms with van der Waals surface area (Å²) in [6.07, 6.45) is 0.803. The molecular weight excluding hydrogens is 421 g/mol. The van der Waals surface area contributed by atoms with E-state index in [1.165, 1.54) is 23.5 Å². The Morgan fingerprint density at radius 2 is 1.90 bits per heavy atom. The highest BCUT2D eigenvalue weighted by atomic mass is 32.2. The van der Waals surface area contributed by atoms with Gasteiger partial charge in [-0.1, -0.05) is 0 Å². The number of hydrogen-bond acceptors (Lipinski definition) is 4. The van der Waals surface area contributed by atoms with Crippen LogP contribution in [0.3, 0.4) is 0 Å². The first kappa shape index (κ1) is 22.1. The van der Waals surface area contributed by atoms with Crippen LogP contribution in [0.1, 0.15) is 18.4 Å². The van der Waals surface area contributed by atoms with Gasteiger partial charge in [-0.05, 0) is 55.7 Å². The van der Waals surface area contributed by atoms with Crippen molar-refractivity contribution >= 4 is 21.6 Å². The molecule has 1 N–H and O–H groups in total. The molecule has 0 saturated carbocycles. The van der Waals surface area contributed by atoms with E-state index in [1.54, 1.807) is 13.0 Å². The Morgan fingerprint density at radius 1 is 1.17 bits per heavy atom. The zero-order valence-corrected chi connectivity index (χ0v) is 17.2. The largest absolute Gasteiger partial charge is 0.496 e. The number of benzene rings is 2. The van der Waals surface area contributed by atoms with Crippen LogP contribution in [0.2, 0.25) is 0 Å². The van der Waals surface area contributed by atoms with E-state index in [4.69, 9.17) is 4.74 Å². The second kappa shape index (κ2) is 8.65. The lowest BCUT2D eigenvalue weighted by molar-refractivity contribution is -0.120. The van der Waals surface area contributed by atoms with Crippen molar-refractivity contribution in [1.29, 1.82) is 0 Å². The fourth-order valence-corrected chi connectivity index (χ4v) is 5.00. The Labute approximate surface area is 172 Å². The number of methoxy groups -OCH3 is 1. The molecule has 0 radical (unpaired) electrons. The highest BCUT2D eigenvalue weighted by molar-refractivity contribution is 7.89. The van der Waals surface area contributed by atoms with Crippen LogP contribution >= 0.6 is 0 Å². The number of nitrogens with zero attached hydrogens (tertiary/aromatic N) is 1. The molecule has 1 aliphatic rings. The molecule has 10 heteroatoms. The third kappa shape index (κ3) is 4.29. The Balaban J connectivity index is 1.77. The summed E-state index contributed by atoms with van der Waals surface area (Å²) < 4.78 is 72.6. The number of rotatable bonds is 5. The van der Waals surface area contributed by atoms with Crippen LogP contribution < -0.4 is 10.1 Å². The van der Waals surface area contributed by atoms with Gasteiger partial charge in [-0.2, -0.15) is 4.31 Å². The Hall–Kier alpha value is -2.59.